The van der Waals surface area contributed by atoms with Crippen molar-refractivity contribution in [3.05, 3.63) is 88.6 Å². The Morgan fingerprint density at radius 3 is 2.21 bits per heavy atom. The van der Waals surface area contributed by atoms with Crippen molar-refractivity contribution in [3.8, 4) is 5.75 Å². The smallest absolute Gasteiger partial charge is 0.289 e. The zero-order valence-corrected chi connectivity index (χ0v) is 17.3. The Balaban J connectivity index is 1.33. The van der Waals surface area contributed by atoms with Crippen LogP contribution in [0.5, 0.6) is 5.75 Å². The Hall–Kier alpha value is -3.40. The third-order valence-corrected chi connectivity index (χ3v) is 5.31. The molecule has 1 aliphatic rings. The first-order valence-electron chi connectivity index (χ1n) is 10.1. The molecule has 0 atom stereocenters. The molecule has 0 N–H and O–H groups in total. The summed E-state index contributed by atoms with van der Waals surface area (Å²) in [5.74, 6) is -8.34. The van der Waals surface area contributed by atoms with Gasteiger partial charge in [0.2, 0.25) is 11.6 Å². The number of carbonyl (C=O) groups is 1. The van der Waals surface area contributed by atoms with Crippen molar-refractivity contribution in [1.82, 2.24) is 9.80 Å². The van der Waals surface area contributed by atoms with Crippen molar-refractivity contribution < 1.29 is 35.9 Å². The molecule has 1 aliphatic heterocycles. The lowest BCUT2D eigenvalue weighted by Crippen LogP contribution is -2.48. The molecule has 1 aromatic heterocycles. The van der Waals surface area contributed by atoms with Crippen LogP contribution in [0.1, 0.15) is 21.9 Å². The maximum Gasteiger partial charge on any atom is 0.289 e. The Morgan fingerprint density at radius 1 is 0.879 bits per heavy atom. The average molecular weight is 466 g/mol. The van der Waals surface area contributed by atoms with Gasteiger partial charge in [-0.3, -0.25) is 9.69 Å². The van der Waals surface area contributed by atoms with E-state index in [2.05, 4.69) is 0 Å². The summed E-state index contributed by atoms with van der Waals surface area (Å²) in [4.78, 5) is 16.3. The Labute approximate surface area is 186 Å². The van der Waals surface area contributed by atoms with E-state index in [4.69, 9.17) is 9.15 Å². The first kappa shape index (κ1) is 22.8. The van der Waals surface area contributed by atoms with Crippen LogP contribution in [0.4, 0.5) is 22.0 Å². The largest absolute Gasteiger partial charge is 0.479 e. The van der Waals surface area contributed by atoms with Crippen molar-refractivity contribution in [2.75, 3.05) is 26.2 Å². The van der Waals surface area contributed by atoms with Gasteiger partial charge in [0.05, 0.1) is 0 Å². The summed E-state index contributed by atoms with van der Waals surface area (Å²) in [7, 11) is 0. The molecular weight excluding hydrogens is 447 g/mol. The molecule has 0 radical (unpaired) electrons. The van der Waals surface area contributed by atoms with Gasteiger partial charge < -0.3 is 14.1 Å². The topological polar surface area (TPSA) is 45.9 Å². The summed E-state index contributed by atoms with van der Waals surface area (Å²) in [6.07, 6.45) is 0. The minimum atomic E-state index is -1.66. The van der Waals surface area contributed by atoms with Gasteiger partial charge in [0.15, 0.2) is 23.1 Å². The van der Waals surface area contributed by atoms with Crippen LogP contribution in [0.15, 0.2) is 46.9 Å². The van der Waals surface area contributed by atoms with Gasteiger partial charge in [-0.25, -0.2) is 13.2 Å². The first-order valence-corrected chi connectivity index (χ1v) is 10.1. The molecular formula is C23H19F5N2O3. The molecule has 0 unspecified atom stereocenters. The number of piperazine rings is 1. The Bertz CT molecular complexity index is 1130. The molecule has 4 rings (SSSR count). The molecule has 0 bridgehead atoms. The van der Waals surface area contributed by atoms with E-state index in [1.54, 1.807) is 23.1 Å². The minimum absolute atomic E-state index is 0.0116. The molecule has 33 heavy (non-hydrogen) atoms. The second kappa shape index (κ2) is 9.62. The van der Waals surface area contributed by atoms with Crippen LogP contribution < -0.4 is 4.74 Å². The van der Waals surface area contributed by atoms with E-state index in [-0.39, 0.29) is 29.3 Å². The predicted octanol–water partition coefficient (Wildman–Crippen LogP) is 4.51. The maximum absolute atomic E-state index is 13.8. The fourth-order valence-corrected chi connectivity index (χ4v) is 3.52. The van der Waals surface area contributed by atoms with Crippen LogP contribution in [0, 0.1) is 29.1 Å². The SMILES string of the molecule is O=C(c1ccc(COc2c(F)c(F)cc(F)c2F)o1)N1CCN(Cc2ccccc2F)CC1. The highest BCUT2D eigenvalue weighted by molar-refractivity contribution is 5.91. The third kappa shape index (κ3) is 5.00. The number of rotatable bonds is 6. The molecule has 0 saturated carbocycles. The highest BCUT2D eigenvalue weighted by Gasteiger charge is 2.25. The van der Waals surface area contributed by atoms with Gasteiger partial charge in [0.25, 0.3) is 5.91 Å². The van der Waals surface area contributed by atoms with Crippen LogP contribution in [-0.4, -0.2) is 41.9 Å². The minimum Gasteiger partial charge on any atom is -0.479 e. The molecule has 2 aromatic carbocycles. The van der Waals surface area contributed by atoms with Crippen molar-refractivity contribution in [3.63, 3.8) is 0 Å². The van der Waals surface area contributed by atoms with Gasteiger partial charge in [-0.05, 0) is 18.2 Å². The molecule has 5 nitrogen and oxygen atoms in total. The van der Waals surface area contributed by atoms with Crippen LogP contribution in [-0.2, 0) is 13.2 Å². The second-order valence-corrected chi connectivity index (χ2v) is 7.51. The molecule has 1 amide bonds. The molecule has 0 spiro atoms. The zero-order chi connectivity index (χ0) is 23.5. The standard InChI is InChI=1S/C23H19F5N2O3/c24-16-4-2-1-3-14(16)12-29-7-9-30(10-8-29)23(31)19-6-5-15(33-19)13-32-22-20(27)17(25)11-18(26)21(22)28/h1-6,11H,7-10,12-13H2. The van der Waals surface area contributed by atoms with Gasteiger partial charge in [0.1, 0.15) is 18.2 Å². The van der Waals surface area contributed by atoms with Crippen LogP contribution >= 0.6 is 0 Å². The Kier molecular flexibility index (Phi) is 6.64. The van der Waals surface area contributed by atoms with Gasteiger partial charge in [-0.2, -0.15) is 8.78 Å². The number of furan rings is 1. The van der Waals surface area contributed by atoms with Crippen LogP contribution in [0.2, 0.25) is 0 Å². The predicted molar refractivity (Wildman–Crippen MR) is 107 cm³/mol. The number of ether oxygens (including phenoxy) is 1. The summed E-state index contributed by atoms with van der Waals surface area (Å²) in [6, 6.07) is 9.34. The Morgan fingerprint density at radius 2 is 1.55 bits per heavy atom. The van der Waals surface area contributed by atoms with E-state index >= 15 is 0 Å². The highest BCUT2D eigenvalue weighted by atomic mass is 19.2. The van der Waals surface area contributed by atoms with Gasteiger partial charge in [0, 0.05) is 44.4 Å². The summed E-state index contributed by atoms with van der Waals surface area (Å²) in [5.41, 5.74) is 0.582. The zero-order valence-electron chi connectivity index (χ0n) is 17.3. The number of carbonyl (C=O) groups excluding carboxylic acids is 1. The van der Waals surface area contributed by atoms with Crippen LogP contribution in [0.25, 0.3) is 0 Å². The number of halogens is 5. The van der Waals surface area contributed by atoms with Crippen LogP contribution in [0.3, 0.4) is 0 Å². The van der Waals surface area contributed by atoms with Crippen molar-refractivity contribution in [2.24, 2.45) is 0 Å². The van der Waals surface area contributed by atoms with E-state index in [0.29, 0.717) is 38.3 Å². The monoisotopic (exact) mass is 466 g/mol. The van der Waals surface area contributed by atoms with E-state index < -0.39 is 35.6 Å². The fraction of sp³-hybridized carbons (Fsp3) is 0.261. The fourth-order valence-electron chi connectivity index (χ4n) is 3.52. The van der Waals surface area contributed by atoms with Crippen molar-refractivity contribution >= 4 is 5.91 Å². The summed E-state index contributed by atoms with van der Waals surface area (Å²) < 4.78 is 78.0. The molecule has 0 aliphatic carbocycles. The number of nitrogens with zero attached hydrogens (tertiary/aromatic N) is 2. The van der Waals surface area contributed by atoms with Gasteiger partial charge in [-0.1, -0.05) is 18.2 Å². The first-order chi connectivity index (χ1) is 15.8. The van der Waals surface area contributed by atoms with E-state index in [1.807, 2.05) is 4.90 Å². The lowest BCUT2D eigenvalue weighted by atomic mass is 10.2. The summed E-state index contributed by atoms with van der Waals surface area (Å²) >= 11 is 0. The van der Waals surface area contributed by atoms with Crippen molar-refractivity contribution in [1.29, 1.82) is 0 Å². The second-order valence-electron chi connectivity index (χ2n) is 7.51. The summed E-state index contributed by atoms with van der Waals surface area (Å²) in [5, 5.41) is 0. The normalized spacial score (nSPS) is 14.5. The van der Waals surface area contributed by atoms with Gasteiger partial charge >= 0.3 is 0 Å². The maximum atomic E-state index is 13.8. The molecule has 3 aromatic rings. The van der Waals surface area contributed by atoms with Crippen molar-refractivity contribution in [2.45, 2.75) is 13.2 Å². The highest BCUT2D eigenvalue weighted by Crippen LogP contribution is 2.27. The molecule has 1 fully saturated rings. The molecule has 10 heteroatoms. The number of amides is 1. The lowest BCUT2D eigenvalue weighted by molar-refractivity contribution is 0.0592. The average Bonchev–Trinajstić information content (AvgIpc) is 3.28. The molecule has 1 saturated heterocycles. The number of hydrogen-bond donors (Lipinski definition) is 0. The van der Waals surface area contributed by atoms with E-state index in [0.717, 1.165) is 0 Å². The molecule has 174 valence electrons. The van der Waals surface area contributed by atoms with Gasteiger partial charge in [-0.15, -0.1) is 0 Å². The lowest BCUT2D eigenvalue weighted by Gasteiger charge is -2.34. The molecule has 2 heterocycles. The number of hydrogen-bond acceptors (Lipinski definition) is 4. The quantitative estimate of drug-likeness (QED) is 0.396. The summed E-state index contributed by atoms with van der Waals surface area (Å²) in [6.45, 7) is 1.78. The number of benzene rings is 2. The third-order valence-electron chi connectivity index (χ3n) is 5.31. The van der Waals surface area contributed by atoms with E-state index in [1.165, 1.54) is 18.2 Å². The van der Waals surface area contributed by atoms with E-state index in [9.17, 15) is 26.7 Å².